The first-order valence-corrected chi connectivity index (χ1v) is 8.71. The molecule has 2 aromatic carbocycles. The van der Waals surface area contributed by atoms with Crippen molar-refractivity contribution in [3.8, 4) is 16.3 Å². The molecule has 7 nitrogen and oxygen atoms in total. The lowest BCUT2D eigenvalue weighted by Crippen LogP contribution is -2.12. The average molecular weight is 365 g/mol. The molecule has 26 heavy (non-hydrogen) atoms. The van der Waals surface area contributed by atoms with Crippen molar-refractivity contribution in [2.45, 2.75) is 6.92 Å². The molecule has 0 fully saturated rings. The summed E-state index contributed by atoms with van der Waals surface area (Å²) in [6.45, 7) is 1.85. The van der Waals surface area contributed by atoms with Gasteiger partial charge in [-0.15, -0.1) is 10.2 Å². The number of ether oxygens (including phenoxy) is 1. The van der Waals surface area contributed by atoms with Crippen molar-refractivity contribution in [3.63, 3.8) is 0 Å². The highest BCUT2D eigenvalue weighted by molar-refractivity contribution is 7.19. The summed E-state index contributed by atoms with van der Waals surface area (Å²) in [5, 5.41) is 16.4. The smallest absolute Gasteiger partial charge is 0.255 e. The van der Waals surface area contributed by atoms with E-state index in [0.29, 0.717) is 22.0 Å². The Morgan fingerprint density at radius 2 is 1.88 bits per heavy atom. The fourth-order valence-corrected chi connectivity index (χ4v) is 3.46. The number of hydrogen-bond donors (Lipinski definition) is 1. The van der Waals surface area contributed by atoms with Gasteiger partial charge in [-0.3, -0.25) is 4.79 Å². The van der Waals surface area contributed by atoms with Gasteiger partial charge in [0.25, 0.3) is 5.91 Å². The van der Waals surface area contributed by atoms with Crippen LogP contribution in [0.4, 0.5) is 5.69 Å². The summed E-state index contributed by atoms with van der Waals surface area (Å²) in [5.41, 5.74) is 2.08. The number of aryl methyl sites for hydroxylation is 1. The number of fused-ring (bicyclic) bond motifs is 1. The quantitative estimate of drug-likeness (QED) is 0.599. The van der Waals surface area contributed by atoms with Gasteiger partial charge in [0.05, 0.1) is 12.8 Å². The van der Waals surface area contributed by atoms with Crippen LogP contribution in [0.15, 0.2) is 48.5 Å². The molecule has 0 unspecified atom stereocenters. The first-order valence-electron chi connectivity index (χ1n) is 7.89. The Hall–Kier alpha value is -3.26. The fourth-order valence-electron chi connectivity index (χ4n) is 2.54. The van der Waals surface area contributed by atoms with Crippen LogP contribution in [-0.4, -0.2) is 32.8 Å². The van der Waals surface area contributed by atoms with Gasteiger partial charge < -0.3 is 10.1 Å². The highest BCUT2D eigenvalue weighted by Gasteiger charge is 2.15. The Morgan fingerprint density at radius 1 is 1.12 bits per heavy atom. The number of nitrogens with one attached hydrogen (secondary N) is 1. The zero-order valence-electron chi connectivity index (χ0n) is 14.1. The first-order chi connectivity index (χ1) is 12.7. The summed E-state index contributed by atoms with van der Waals surface area (Å²) in [7, 11) is 1.59. The van der Waals surface area contributed by atoms with Crippen molar-refractivity contribution in [2.24, 2.45) is 0 Å². The largest absolute Gasteiger partial charge is 0.497 e. The summed E-state index contributed by atoms with van der Waals surface area (Å²) in [6.07, 6.45) is 0. The standard InChI is InChI=1S/C18H15N5O2S/c1-11-20-21-18-23(11)22-17(26-18)14-5-3-4-6-15(14)19-16(24)12-7-9-13(25-2)10-8-12/h3-10H,1-2H3,(H,19,24). The van der Waals surface area contributed by atoms with Gasteiger partial charge in [-0.25, -0.2) is 0 Å². The molecule has 0 spiro atoms. The Bertz CT molecular complexity index is 1080. The summed E-state index contributed by atoms with van der Waals surface area (Å²) >= 11 is 1.42. The second kappa shape index (κ2) is 6.57. The van der Waals surface area contributed by atoms with E-state index in [-0.39, 0.29) is 5.91 Å². The lowest BCUT2D eigenvalue weighted by Gasteiger charge is -2.09. The molecule has 0 aliphatic carbocycles. The second-order valence-electron chi connectivity index (χ2n) is 5.58. The molecular weight excluding hydrogens is 350 g/mol. The van der Waals surface area contributed by atoms with E-state index in [0.717, 1.165) is 16.4 Å². The monoisotopic (exact) mass is 365 g/mol. The van der Waals surface area contributed by atoms with E-state index in [1.54, 1.807) is 35.9 Å². The van der Waals surface area contributed by atoms with E-state index in [1.165, 1.54) is 11.3 Å². The van der Waals surface area contributed by atoms with E-state index in [2.05, 4.69) is 20.6 Å². The lowest BCUT2D eigenvalue weighted by molar-refractivity contribution is 0.102. The van der Waals surface area contributed by atoms with Crippen LogP contribution in [0.3, 0.4) is 0 Å². The Kier molecular flexibility index (Phi) is 4.10. The van der Waals surface area contributed by atoms with E-state index >= 15 is 0 Å². The zero-order chi connectivity index (χ0) is 18.1. The van der Waals surface area contributed by atoms with Crippen LogP contribution < -0.4 is 10.1 Å². The van der Waals surface area contributed by atoms with E-state index in [4.69, 9.17) is 4.74 Å². The van der Waals surface area contributed by atoms with Gasteiger partial charge in [-0.2, -0.15) is 9.61 Å². The average Bonchev–Trinajstić information content (AvgIpc) is 3.24. The van der Waals surface area contributed by atoms with Crippen molar-refractivity contribution in [3.05, 3.63) is 59.9 Å². The first kappa shape index (κ1) is 16.2. The van der Waals surface area contributed by atoms with Crippen LogP contribution in [0, 0.1) is 6.92 Å². The summed E-state index contributed by atoms with van der Waals surface area (Å²) < 4.78 is 6.82. The van der Waals surface area contributed by atoms with Gasteiger partial charge in [0, 0.05) is 11.1 Å². The third-order valence-corrected chi connectivity index (χ3v) is 4.84. The number of para-hydroxylation sites is 1. The summed E-state index contributed by atoms with van der Waals surface area (Å²) in [6, 6.07) is 14.5. The number of amides is 1. The maximum atomic E-state index is 12.6. The number of hydrogen-bond acceptors (Lipinski definition) is 6. The van der Waals surface area contributed by atoms with Gasteiger partial charge in [0.2, 0.25) is 4.96 Å². The maximum absolute atomic E-state index is 12.6. The normalized spacial score (nSPS) is 10.8. The molecule has 2 heterocycles. The third kappa shape index (κ3) is 2.91. The van der Waals surface area contributed by atoms with Crippen LogP contribution >= 0.6 is 11.3 Å². The Balaban J connectivity index is 1.65. The molecule has 0 bridgehead atoms. The predicted octanol–water partition coefficient (Wildman–Crippen LogP) is 3.42. The number of carbonyl (C=O) groups excluding carboxylic acids is 1. The number of carbonyl (C=O) groups is 1. The minimum atomic E-state index is -0.195. The summed E-state index contributed by atoms with van der Waals surface area (Å²) in [4.78, 5) is 13.3. The number of aromatic nitrogens is 4. The molecule has 0 radical (unpaired) electrons. The van der Waals surface area contributed by atoms with Gasteiger partial charge in [-0.1, -0.05) is 23.5 Å². The van der Waals surface area contributed by atoms with Crippen LogP contribution in [0.25, 0.3) is 15.5 Å². The van der Waals surface area contributed by atoms with Crippen molar-refractivity contribution in [2.75, 3.05) is 12.4 Å². The Labute approximate surface area is 153 Å². The fraction of sp³-hybridized carbons (Fsp3) is 0.111. The topological polar surface area (TPSA) is 81.4 Å². The van der Waals surface area contributed by atoms with E-state index < -0.39 is 0 Å². The molecule has 0 atom stereocenters. The number of rotatable bonds is 4. The molecule has 130 valence electrons. The molecule has 8 heteroatoms. The molecule has 0 aliphatic rings. The molecule has 2 aromatic heterocycles. The van der Waals surface area contributed by atoms with Crippen molar-refractivity contribution in [1.82, 2.24) is 19.8 Å². The molecule has 1 amide bonds. The summed E-state index contributed by atoms with van der Waals surface area (Å²) in [5.74, 6) is 1.23. The second-order valence-corrected chi connectivity index (χ2v) is 6.53. The third-order valence-electron chi connectivity index (χ3n) is 3.90. The van der Waals surface area contributed by atoms with Crippen molar-refractivity contribution < 1.29 is 9.53 Å². The number of anilines is 1. The van der Waals surface area contributed by atoms with E-state index in [9.17, 15) is 4.79 Å². The van der Waals surface area contributed by atoms with Gasteiger partial charge in [0.1, 0.15) is 10.8 Å². The minimum absolute atomic E-state index is 0.195. The molecule has 0 aliphatic heterocycles. The van der Waals surface area contributed by atoms with Gasteiger partial charge in [-0.05, 0) is 43.3 Å². The van der Waals surface area contributed by atoms with Crippen molar-refractivity contribution in [1.29, 1.82) is 0 Å². The molecule has 0 saturated carbocycles. The minimum Gasteiger partial charge on any atom is -0.497 e. The van der Waals surface area contributed by atoms with Crippen LogP contribution in [0.5, 0.6) is 5.75 Å². The molecular formula is C18H15N5O2S. The molecule has 4 aromatic rings. The lowest BCUT2D eigenvalue weighted by atomic mass is 10.1. The highest BCUT2D eigenvalue weighted by atomic mass is 32.1. The number of benzene rings is 2. The zero-order valence-corrected chi connectivity index (χ0v) is 14.9. The number of nitrogens with zero attached hydrogens (tertiary/aromatic N) is 4. The molecule has 4 rings (SSSR count). The van der Waals surface area contributed by atoms with Gasteiger partial charge in [0.15, 0.2) is 5.82 Å². The van der Waals surface area contributed by atoms with Crippen molar-refractivity contribution >= 4 is 27.9 Å². The Morgan fingerprint density at radius 3 is 2.62 bits per heavy atom. The van der Waals surface area contributed by atoms with Crippen LogP contribution in [0.1, 0.15) is 16.2 Å². The maximum Gasteiger partial charge on any atom is 0.255 e. The number of methoxy groups -OCH3 is 1. The SMILES string of the molecule is COc1ccc(C(=O)Nc2ccccc2-c2nn3c(C)nnc3s2)cc1. The van der Waals surface area contributed by atoms with E-state index in [1.807, 2.05) is 31.2 Å². The van der Waals surface area contributed by atoms with Crippen LogP contribution in [0.2, 0.25) is 0 Å². The molecule has 1 N–H and O–H groups in total. The highest BCUT2D eigenvalue weighted by Crippen LogP contribution is 2.31. The molecule has 0 saturated heterocycles. The predicted molar refractivity (Wildman–Crippen MR) is 99.8 cm³/mol. The van der Waals surface area contributed by atoms with Crippen LogP contribution in [-0.2, 0) is 0 Å². The van der Waals surface area contributed by atoms with Gasteiger partial charge >= 0.3 is 0 Å².